The molecule has 136 valence electrons. The van der Waals surface area contributed by atoms with E-state index in [1.54, 1.807) is 31.2 Å². The number of aromatic nitrogens is 1. The fourth-order valence-electron chi connectivity index (χ4n) is 2.60. The molecule has 0 saturated heterocycles. The Bertz CT molecular complexity index is 1180. The maximum Gasteiger partial charge on any atom is 0.274 e. The summed E-state index contributed by atoms with van der Waals surface area (Å²) >= 11 is 0. The highest BCUT2D eigenvalue weighted by Gasteiger charge is 2.15. The second kappa shape index (κ2) is 7.44. The van der Waals surface area contributed by atoms with Crippen LogP contribution in [-0.2, 0) is 0 Å². The molecule has 8 nitrogen and oxygen atoms in total. The highest BCUT2D eigenvalue weighted by atomic mass is 16.3. The lowest BCUT2D eigenvalue weighted by Crippen LogP contribution is -2.16. The van der Waals surface area contributed by atoms with E-state index in [2.05, 4.69) is 10.3 Å². The molecule has 0 spiro atoms. The summed E-state index contributed by atoms with van der Waals surface area (Å²) < 4.78 is 5.04. The number of carbonyl (C=O) groups excluding carboxylic acids is 1. The topological polar surface area (TPSA) is 153 Å². The number of nitrogens with one attached hydrogen (secondary N) is 2. The zero-order valence-corrected chi connectivity index (χ0v) is 14.8. The standard InChI is InChI=1S/C20H14N6O2/c1-11-4-12(7-21)9-25-19(11)20(27)26-14-2-3-17(23)16(6-14)18(24)13-5-15(8-22)28-10-13/h2-6,9-10,24H,23H2,1H3,(H,26,27). The first-order chi connectivity index (χ1) is 13.4. The fourth-order valence-corrected chi connectivity index (χ4v) is 2.60. The Kier molecular flexibility index (Phi) is 4.88. The monoisotopic (exact) mass is 370 g/mol. The van der Waals surface area contributed by atoms with Gasteiger partial charge in [0.1, 0.15) is 24.1 Å². The van der Waals surface area contributed by atoms with E-state index < -0.39 is 5.91 Å². The molecule has 0 aliphatic rings. The number of amides is 1. The summed E-state index contributed by atoms with van der Waals surface area (Å²) in [5.74, 6) is -0.357. The van der Waals surface area contributed by atoms with E-state index in [1.165, 1.54) is 18.5 Å². The van der Waals surface area contributed by atoms with E-state index in [-0.39, 0.29) is 17.2 Å². The summed E-state index contributed by atoms with van der Waals surface area (Å²) in [6.45, 7) is 1.69. The third-order valence-corrected chi connectivity index (χ3v) is 4.00. The van der Waals surface area contributed by atoms with Crippen molar-refractivity contribution in [1.29, 1.82) is 15.9 Å². The molecule has 2 aromatic heterocycles. The minimum absolute atomic E-state index is 0.0616. The van der Waals surface area contributed by atoms with Gasteiger partial charge in [-0.05, 0) is 36.8 Å². The van der Waals surface area contributed by atoms with E-state index in [9.17, 15) is 4.79 Å². The maximum atomic E-state index is 12.5. The van der Waals surface area contributed by atoms with Crippen LogP contribution < -0.4 is 11.1 Å². The highest BCUT2D eigenvalue weighted by Crippen LogP contribution is 2.23. The molecule has 8 heteroatoms. The van der Waals surface area contributed by atoms with E-state index in [1.807, 2.05) is 12.1 Å². The van der Waals surface area contributed by atoms with Crippen LogP contribution in [0.5, 0.6) is 0 Å². The van der Waals surface area contributed by atoms with E-state index in [0.717, 1.165) is 0 Å². The number of pyridine rings is 1. The summed E-state index contributed by atoms with van der Waals surface area (Å²) in [5, 5.41) is 28.8. The Balaban J connectivity index is 1.87. The van der Waals surface area contributed by atoms with Crippen LogP contribution in [0.2, 0.25) is 0 Å². The first-order valence-corrected chi connectivity index (χ1v) is 8.08. The molecule has 0 saturated carbocycles. The molecule has 0 aliphatic carbocycles. The summed E-state index contributed by atoms with van der Waals surface area (Å²) in [4.78, 5) is 16.6. The molecule has 28 heavy (non-hydrogen) atoms. The van der Waals surface area contributed by atoms with Crippen molar-refractivity contribution in [2.45, 2.75) is 6.92 Å². The third-order valence-electron chi connectivity index (χ3n) is 4.00. The normalized spacial score (nSPS) is 9.96. The van der Waals surface area contributed by atoms with Gasteiger partial charge in [-0.25, -0.2) is 4.98 Å². The molecule has 0 radical (unpaired) electrons. The molecule has 4 N–H and O–H groups in total. The third kappa shape index (κ3) is 3.57. The predicted octanol–water partition coefficient (Wildman–Crippen LogP) is 2.98. The zero-order chi connectivity index (χ0) is 20.3. The van der Waals surface area contributed by atoms with Crippen molar-refractivity contribution >= 4 is 23.0 Å². The number of rotatable bonds is 4. The van der Waals surface area contributed by atoms with Crippen molar-refractivity contribution in [3.05, 3.63) is 76.5 Å². The Morgan fingerprint density at radius 3 is 2.68 bits per heavy atom. The number of hydrogen-bond donors (Lipinski definition) is 3. The fraction of sp³-hybridized carbons (Fsp3) is 0.0500. The van der Waals surface area contributed by atoms with Crippen LogP contribution in [0.3, 0.4) is 0 Å². The second-order valence-corrected chi connectivity index (χ2v) is 5.94. The van der Waals surface area contributed by atoms with Crippen LogP contribution in [0.25, 0.3) is 0 Å². The van der Waals surface area contributed by atoms with Crippen LogP contribution in [0.1, 0.15) is 38.5 Å². The number of anilines is 2. The van der Waals surface area contributed by atoms with Gasteiger partial charge in [0.15, 0.2) is 0 Å². The maximum absolute atomic E-state index is 12.5. The molecule has 1 amide bonds. The number of aryl methyl sites for hydroxylation is 1. The van der Waals surface area contributed by atoms with Gasteiger partial charge in [0.05, 0.1) is 11.3 Å². The van der Waals surface area contributed by atoms with Crippen molar-refractivity contribution in [3.8, 4) is 12.1 Å². The van der Waals surface area contributed by atoms with Gasteiger partial charge in [-0.3, -0.25) is 10.2 Å². The van der Waals surface area contributed by atoms with Gasteiger partial charge < -0.3 is 15.5 Å². The van der Waals surface area contributed by atoms with E-state index >= 15 is 0 Å². The lowest BCUT2D eigenvalue weighted by Gasteiger charge is -2.11. The summed E-state index contributed by atoms with van der Waals surface area (Å²) in [7, 11) is 0. The lowest BCUT2D eigenvalue weighted by atomic mass is 10.0. The Hall–Kier alpha value is -4.43. The molecule has 0 bridgehead atoms. The van der Waals surface area contributed by atoms with Crippen LogP contribution in [0.4, 0.5) is 11.4 Å². The van der Waals surface area contributed by atoms with Crippen LogP contribution in [0, 0.1) is 35.0 Å². The molecule has 3 rings (SSSR count). The summed E-state index contributed by atoms with van der Waals surface area (Å²) in [6.07, 6.45) is 2.63. The number of benzene rings is 1. The minimum Gasteiger partial charge on any atom is -0.453 e. The largest absolute Gasteiger partial charge is 0.453 e. The molecular weight excluding hydrogens is 356 g/mol. The first-order valence-electron chi connectivity index (χ1n) is 8.08. The average Bonchev–Trinajstić information content (AvgIpc) is 3.18. The van der Waals surface area contributed by atoms with Crippen LogP contribution >= 0.6 is 0 Å². The lowest BCUT2D eigenvalue weighted by molar-refractivity contribution is 0.102. The SMILES string of the molecule is Cc1cc(C#N)cnc1C(=O)Nc1ccc(N)c(C(=N)c2coc(C#N)c2)c1. The quantitative estimate of drug-likeness (QED) is 0.474. The molecule has 0 unspecified atom stereocenters. The van der Waals surface area contributed by atoms with Crippen molar-refractivity contribution in [2.75, 3.05) is 11.1 Å². The highest BCUT2D eigenvalue weighted by molar-refractivity contribution is 6.14. The predicted molar refractivity (Wildman–Crippen MR) is 102 cm³/mol. The van der Waals surface area contributed by atoms with Gasteiger partial charge in [-0.2, -0.15) is 10.5 Å². The number of nitrogens with zero attached hydrogens (tertiary/aromatic N) is 3. The van der Waals surface area contributed by atoms with Gasteiger partial charge in [0, 0.05) is 34.8 Å². The molecule has 3 aromatic rings. The van der Waals surface area contributed by atoms with Crippen molar-refractivity contribution in [3.63, 3.8) is 0 Å². The van der Waals surface area contributed by atoms with Gasteiger partial charge in [0.25, 0.3) is 5.91 Å². The Labute approximate surface area is 160 Å². The van der Waals surface area contributed by atoms with E-state index in [4.69, 9.17) is 26.1 Å². The van der Waals surface area contributed by atoms with Crippen LogP contribution in [-0.4, -0.2) is 16.6 Å². The molecule has 0 fully saturated rings. The number of nitrogen functional groups attached to an aromatic ring is 1. The minimum atomic E-state index is -0.445. The first kappa shape index (κ1) is 18.4. The van der Waals surface area contributed by atoms with Crippen molar-refractivity contribution in [2.24, 2.45) is 0 Å². The molecule has 1 aromatic carbocycles. The van der Waals surface area contributed by atoms with Crippen molar-refractivity contribution in [1.82, 2.24) is 4.98 Å². The molecule has 0 aliphatic heterocycles. The zero-order valence-electron chi connectivity index (χ0n) is 14.8. The van der Waals surface area contributed by atoms with Gasteiger partial charge in [-0.1, -0.05) is 0 Å². The second-order valence-electron chi connectivity index (χ2n) is 5.94. The summed E-state index contributed by atoms with van der Waals surface area (Å²) in [5.41, 5.74) is 8.72. The molecule has 2 heterocycles. The Morgan fingerprint density at radius 1 is 1.25 bits per heavy atom. The van der Waals surface area contributed by atoms with E-state index in [0.29, 0.717) is 33.6 Å². The molecular formula is C20H14N6O2. The number of carbonyl (C=O) groups is 1. The molecule has 0 atom stereocenters. The smallest absolute Gasteiger partial charge is 0.274 e. The number of hydrogen-bond acceptors (Lipinski definition) is 7. The van der Waals surface area contributed by atoms with Gasteiger partial charge in [-0.15, -0.1) is 0 Å². The van der Waals surface area contributed by atoms with Crippen molar-refractivity contribution < 1.29 is 9.21 Å². The summed E-state index contributed by atoms with van der Waals surface area (Å²) in [6, 6.07) is 11.6. The number of nitrogens with two attached hydrogens (primary N) is 1. The van der Waals surface area contributed by atoms with Gasteiger partial charge in [0.2, 0.25) is 5.76 Å². The van der Waals surface area contributed by atoms with Crippen LogP contribution in [0.15, 0.2) is 47.2 Å². The average molecular weight is 370 g/mol. The number of nitriles is 2. The van der Waals surface area contributed by atoms with Gasteiger partial charge >= 0.3 is 0 Å². The Morgan fingerprint density at radius 2 is 2.04 bits per heavy atom. The number of furan rings is 1.